The van der Waals surface area contributed by atoms with Crippen molar-refractivity contribution in [2.45, 2.75) is 11.4 Å². The maximum absolute atomic E-state index is 11.4. The topological polar surface area (TPSA) is 72.2 Å². The summed E-state index contributed by atoms with van der Waals surface area (Å²) < 4.78 is 23.6. The number of halogens is 3. The Kier molecular flexibility index (Phi) is 5.16. The number of hydrogen-bond acceptors (Lipinski definition) is 3. The second-order valence-electron chi connectivity index (χ2n) is 4.28. The van der Waals surface area contributed by atoms with E-state index in [0.717, 1.165) is 10.0 Å². The van der Waals surface area contributed by atoms with Gasteiger partial charge in [-0.3, -0.25) is 0 Å². The average Bonchev–Trinajstić information content (AvgIpc) is 2.40. The molecule has 0 amide bonds. The molecule has 0 heterocycles. The summed E-state index contributed by atoms with van der Waals surface area (Å²) in [6.07, 6.45) is 0. The Balaban J connectivity index is 2.26. The van der Waals surface area contributed by atoms with Crippen molar-refractivity contribution in [3.63, 3.8) is 0 Å². The maximum atomic E-state index is 11.4. The number of nitrogens with one attached hydrogen (secondary N) is 1. The van der Waals surface area contributed by atoms with E-state index < -0.39 is 10.0 Å². The Bertz CT molecular complexity index is 782. The first-order valence-corrected chi connectivity index (χ1v) is 8.87. The summed E-state index contributed by atoms with van der Waals surface area (Å²) in [6, 6.07) is 9.65. The smallest absolute Gasteiger partial charge is 0.238 e. The summed E-state index contributed by atoms with van der Waals surface area (Å²) in [6.45, 7) is 0.426. The van der Waals surface area contributed by atoms with Crippen LogP contribution >= 0.6 is 39.1 Å². The molecule has 0 bridgehead atoms. The van der Waals surface area contributed by atoms with Crippen LogP contribution in [0.25, 0.3) is 0 Å². The third kappa shape index (κ3) is 4.34. The molecule has 0 saturated carbocycles. The number of hydrogen-bond donors (Lipinski definition) is 2. The molecule has 0 fully saturated rings. The normalized spacial score (nSPS) is 11.4. The van der Waals surface area contributed by atoms with E-state index in [0.29, 0.717) is 22.3 Å². The zero-order valence-electron chi connectivity index (χ0n) is 10.6. The molecule has 8 heteroatoms. The first kappa shape index (κ1) is 16.6. The molecule has 0 aliphatic carbocycles. The van der Waals surface area contributed by atoms with E-state index in [-0.39, 0.29) is 4.90 Å². The first-order valence-electron chi connectivity index (χ1n) is 5.77. The fourth-order valence-corrected chi connectivity index (χ4v) is 2.99. The first-order chi connectivity index (χ1) is 9.77. The van der Waals surface area contributed by atoms with Gasteiger partial charge < -0.3 is 5.32 Å². The summed E-state index contributed by atoms with van der Waals surface area (Å²) >= 11 is 15.4. The van der Waals surface area contributed by atoms with Gasteiger partial charge in [0.05, 0.1) is 15.6 Å². The highest BCUT2D eigenvalue weighted by atomic mass is 79.9. The highest BCUT2D eigenvalue weighted by Gasteiger charge is 2.11. The van der Waals surface area contributed by atoms with Crippen molar-refractivity contribution in [2.24, 2.45) is 5.14 Å². The molecule has 3 N–H and O–H groups in total. The van der Waals surface area contributed by atoms with E-state index in [4.69, 9.17) is 28.3 Å². The van der Waals surface area contributed by atoms with Crippen molar-refractivity contribution >= 4 is 54.8 Å². The van der Waals surface area contributed by atoms with Crippen molar-refractivity contribution < 1.29 is 8.42 Å². The van der Waals surface area contributed by atoms with Crippen LogP contribution in [0.2, 0.25) is 10.0 Å². The minimum atomic E-state index is -3.77. The maximum Gasteiger partial charge on any atom is 0.238 e. The van der Waals surface area contributed by atoms with E-state index in [2.05, 4.69) is 21.2 Å². The van der Waals surface area contributed by atoms with Crippen molar-refractivity contribution in [1.82, 2.24) is 0 Å². The van der Waals surface area contributed by atoms with Crippen LogP contribution in [-0.2, 0) is 16.6 Å². The predicted molar refractivity (Wildman–Crippen MR) is 89.3 cm³/mol. The molecule has 0 unspecified atom stereocenters. The number of primary sulfonamides is 1. The predicted octanol–water partition coefficient (Wildman–Crippen LogP) is 4.02. The summed E-state index contributed by atoms with van der Waals surface area (Å²) in [7, 11) is -3.77. The standard InChI is InChI=1S/C13H11BrCl2N2O2S/c14-11-3-1-9(15)5-8(11)7-18-13-6-10(21(17,19)20)2-4-12(13)16/h1-6,18H,7H2,(H2,17,19,20). The molecule has 4 nitrogen and oxygen atoms in total. The number of benzene rings is 2. The zero-order valence-corrected chi connectivity index (χ0v) is 14.5. The van der Waals surface area contributed by atoms with E-state index >= 15 is 0 Å². The lowest BCUT2D eigenvalue weighted by molar-refractivity contribution is 0.598. The van der Waals surface area contributed by atoms with Gasteiger partial charge in [0.25, 0.3) is 0 Å². The van der Waals surface area contributed by atoms with Gasteiger partial charge in [-0.2, -0.15) is 0 Å². The van der Waals surface area contributed by atoms with Gasteiger partial charge in [0, 0.05) is 16.0 Å². The van der Waals surface area contributed by atoms with Crippen molar-refractivity contribution in [3.8, 4) is 0 Å². The number of anilines is 1. The fourth-order valence-electron chi connectivity index (χ4n) is 1.69. The lowest BCUT2D eigenvalue weighted by Crippen LogP contribution is -2.12. The van der Waals surface area contributed by atoms with Gasteiger partial charge >= 0.3 is 0 Å². The Morgan fingerprint density at radius 2 is 1.86 bits per heavy atom. The highest BCUT2D eigenvalue weighted by Crippen LogP contribution is 2.27. The summed E-state index contributed by atoms with van der Waals surface area (Å²) in [5.74, 6) is 0. The number of sulfonamides is 1. The van der Waals surface area contributed by atoms with Gasteiger partial charge in [-0.1, -0.05) is 39.1 Å². The fraction of sp³-hybridized carbons (Fsp3) is 0.0769. The molecule has 0 aliphatic rings. The second-order valence-corrected chi connectivity index (χ2v) is 7.54. The van der Waals surface area contributed by atoms with Crippen molar-refractivity contribution in [2.75, 3.05) is 5.32 Å². The monoisotopic (exact) mass is 408 g/mol. The molecular formula is C13H11BrCl2N2O2S. The van der Waals surface area contributed by atoms with Crippen LogP contribution in [0.5, 0.6) is 0 Å². The second kappa shape index (κ2) is 6.54. The average molecular weight is 410 g/mol. The molecule has 0 radical (unpaired) electrons. The largest absolute Gasteiger partial charge is 0.380 e. The minimum Gasteiger partial charge on any atom is -0.380 e. The molecule has 21 heavy (non-hydrogen) atoms. The molecule has 0 saturated heterocycles. The SMILES string of the molecule is NS(=O)(=O)c1ccc(Cl)c(NCc2cc(Cl)ccc2Br)c1. The lowest BCUT2D eigenvalue weighted by Gasteiger charge is -2.11. The van der Waals surface area contributed by atoms with Crippen LogP contribution in [0.15, 0.2) is 45.8 Å². The number of rotatable bonds is 4. The summed E-state index contributed by atoms with van der Waals surface area (Å²) in [5, 5.41) is 9.19. The molecule has 2 aromatic rings. The Labute approximate surface area is 141 Å². The third-order valence-corrected chi connectivity index (χ3v) is 4.99. The van der Waals surface area contributed by atoms with Gasteiger partial charge in [0.2, 0.25) is 10.0 Å². The van der Waals surface area contributed by atoms with Crippen LogP contribution in [-0.4, -0.2) is 8.42 Å². The highest BCUT2D eigenvalue weighted by molar-refractivity contribution is 9.10. The minimum absolute atomic E-state index is 0.000408. The molecular weight excluding hydrogens is 399 g/mol. The third-order valence-electron chi connectivity index (χ3n) is 2.74. The molecule has 2 rings (SSSR count). The van der Waals surface area contributed by atoms with Crippen LogP contribution in [0.3, 0.4) is 0 Å². The van der Waals surface area contributed by atoms with Gasteiger partial charge in [-0.05, 0) is 42.0 Å². The van der Waals surface area contributed by atoms with Gasteiger partial charge in [0.15, 0.2) is 0 Å². The van der Waals surface area contributed by atoms with E-state index in [1.54, 1.807) is 12.1 Å². The molecule has 2 aromatic carbocycles. The Morgan fingerprint density at radius 1 is 1.14 bits per heavy atom. The van der Waals surface area contributed by atoms with Crippen LogP contribution < -0.4 is 10.5 Å². The summed E-state index contributed by atoms with van der Waals surface area (Å²) in [4.78, 5) is -0.000408. The molecule has 112 valence electrons. The molecule has 0 aliphatic heterocycles. The zero-order chi connectivity index (χ0) is 15.6. The van der Waals surface area contributed by atoms with E-state index in [1.807, 2.05) is 6.07 Å². The van der Waals surface area contributed by atoms with E-state index in [9.17, 15) is 8.42 Å². The Hall–Kier alpha value is -0.790. The van der Waals surface area contributed by atoms with Gasteiger partial charge in [-0.15, -0.1) is 0 Å². The van der Waals surface area contributed by atoms with Crippen LogP contribution in [0.1, 0.15) is 5.56 Å². The van der Waals surface area contributed by atoms with Crippen molar-refractivity contribution in [1.29, 1.82) is 0 Å². The van der Waals surface area contributed by atoms with Crippen molar-refractivity contribution in [3.05, 3.63) is 56.5 Å². The molecule has 0 atom stereocenters. The summed E-state index contributed by atoms with van der Waals surface area (Å²) in [5.41, 5.74) is 1.40. The molecule has 0 spiro atoms. The van der Waals surface area contributed by atoms with Gasteiger partial charge in [0.1, 0.15) is 0 Å². The quantitative estimate of drug-likeness (QED) is 0.800. The van der Waals surface area contributed by atoms with Crippen LogP contribution in [0, 0.1) is 0 Å². The van der Waals surface area contributed by atoms with E-state index in [1.165, 1.54) is 18.2 Å². The molecule has 0 aromatic heterocycles. The number of nitrogens with two attached hydrogens (primary N) is 1. The van der Waals surface area contributed by atoms with Crippen LogP contribution in [0.4, 0.5) is 5.69 Å². The van der Waals surface area contributed by atoms with Gasteiger partial charge in [-0.25, -0.2) is 13.6 Å². The lowest BCUT2D eigenvalue weighted by atomic mass is 10.2. The Morgan fingerprint density at radius 3 is 2.52 bits per heavy atom.